The number of ether oxygens (including phenoxy) is 1. The molecule has 0 saturated carbocycles. The fourth-order valence-corrected chi connectivity index (χ4v) is 3.34. The van der Waals surface area contributed by atoms with Gasteiger partial charge < -0.3 is 14.5 Å². The molecular formula is C18H21N3O3. The van der Waals surface area contributed by atoms with Crippen molar-refractivity contribution in [2.45, 2.75) is 31.8 Å². The Morgan fingerprint density at radius 1 is 1.29 bits per heavy atom. The van der Waals surface area contributed by atoms with Crippen LogP contribution in [0.1, 0.15) is 30.9 Å². The highest BCUT2D eigenvalue weighted by Crippen LogP contribution is 2.33. The molecule has 6 nitrogen and oxygen atoms in total. The van der Waals surface area contributed by atoms with Crippen LogP contribution in [0.2, 0.25) is 0 Å². The number of likely N-dealkylation sites (N-methyl/N-ethyl adjacent to an activating group) is 1. The number of nitrogens with zero attached hydrogens (tertiary/aromatic N) is 3. The topological polar surface area (TPSA) is 73.6 Å². The molecule has 3 rings (SSSR count). The normalized spacial score (nSPS) is 19.2. The van der Waals surface area contributed by atoms with E-state index in [-0.39, 0.29) is 12.0 Å². The van der Waals surface area contributed by atoms with Crippen molar-refractivity contribution in [3.63, 3.8) is 0 Å². The molecule has 24 heavy (non-hydrogen) atoms. The molecule has 2 heterocycles. The Labute approximate surface area is 141 Å². The number of amides is 2. The summed E-state index contributed by atoms with van der Waals surface area (Å²) < 4.78 is 5.58. The SMILES string of the molecule is CCN1CC2(CCN(C(=O)Cc3ccc(C#N)cc3)CC2)OC1=O. The van der Waals surface area contributed by atoms with Gasteiger partial charge >= 0.3 is 6.09 Å². The van der Waals surface area contributed by atoms with Gasteiger partial charge in [0.1, 0.15) is 5.60 Å². The molecule has 0 N–H and O–H groups in total. The molecule has 0 radical (unpaired) electrons. The van der Waals surface area contributed by atoms with E-state index in [0.717, 1.165) is 5.56 Å². The molecule has 0 aromatic heterocycles. The summed E-state index contributed by atoms with van der Waals surface area (Å²) in [5, 5.41) is 8.81. The summed E-state index contributed by atoms with van der Waals surface area (Å²) >= 11 is 0. The molecule has 1 spiro atoms. The van der Waals surface area contributed by atoms with Crippen LogP contribution in [0.5, 0.6) is 0 Å². The number of carbonyl (C=O) groups is 2. The number of carbonyl (C=O) groups excluding carboxylic acids is 2. The van der Waals surface area contributed by atoms with Crippen LogP contribution in [0.3, 0.4) is 0 Å². The predicted octanol–water partition coefficient (Wildman–Crippen LogP) is 1.93. The highest BCUT2D eigenvalue weighted by atomic mass is 16.6. The van der Waals surface area contributed by atoms with Crippen LogP contribution in [-0.2, 0) is 16.0 Å². The quantitative estimate of drug-likeness (QED) is 0.850. The second-order valence-corrected chi connectivity index (χ2v) is 6.43. The lowest BCUT2D eigenvalue weighted by Crippen LogP contribution is -2.49. The molecule has 6 heteroatoms. The average molecular weight is 327 g/mol. The third-order valence-corrected chi connectivity index (χ3v) is 4.89. The number of piperidine rings is 1. The van der Waals surface area contributed by atoms with Crippen molar-refractivity contribution < 1.29 is 14.3 Å². The number of hydrogen-bond donors (Lipinski definition) is 0. The second kappa shape index (κ2) is 6.52. The van der Waals surface area contributed by atoms with Crippen molar-refractivity contribution in [3.05, 3.63) is 35.4 Å². The maximum absolute atomic E-state index is 12.5. The van der Waals surface area contributed by atoms with Gasteiger partial charge in [0.05, 0.1) is 24.6 Å². The first kappa shape index (κ1) is 16.3. The second-order valence-electron chi connectivity index (χ2n) is 6.43. The standard InChI is InChI=1S/C18H21N3O3/c1-2-20-13-18(24-17(20)23)7-9-21(10-8-18)16(22)11-14-3-5-15(12-19)6-4-14/h3-6H,2,7-11,13H2,1H3. The van der Waals surface area contributed by atoms with E-state index in [1.54, 1.807) is 17.0 Å². The number of hydrogen-bond acceptors (Lipinski definition) is 4. The van der Waals surface area contributed by atoms with E-state index in [1.165, 1.54) is 0 Å². The first-order valence-corrected chi connectivity index (χ1v) is 8.30. The third-order valence-electron chi connectivity index (χ3n) is 4.89. The summed E-state index contributed by atoms with van der Waals surface area (Å²) in [6.07, 6.45) is 1.47. The maximum Gasteiger partial charge on any atom is 0.410 e. The van der Waals surface area contributed by atoms with Gasteiger partial charge in [0.15, 0.2) is 0 Å². The van der Waals surface area contributed by atoms with Crippen molar-refractivity contribution in [1.29, 1.82) is 5.26 Å². The van der Waals surface area contributed by atoms with Gasteiger partial charge in [0, 0.05) is 32.5 Å². The Hall–Kier alpha value is -2.55. The molecule has 2 aliphatic rings. The molecule has 0 unspecified atom stereocenters. The van der Waals surface area contributed by atoms with Crippen molar-refractivity contribution >= 4 is 12.0 Å². The Balaban J connectivity index is 1.55. The molecule has 126 valence electrons. The minimum atomic E-state index is -0.418. The number of likely N-dealkylation sites (tertiary alicyclic amines) is 1. The molecule has 0 bridgehead atoms. The monoisotopic (exact) mass is 327 g/mol. The molecule has 1 aromatic carbocycles. The van der Waals surface area contributed by atoms with Crippen LogP contribution in [0.25, 0.3) is 0 Å². The van der Waals surface area contributed by atoms with Crippen molar-refractivity contribution in [1.82, 2.24) is 9.80 Å². The lowest BCUT2D eigenvalue weighted by molar-refractivity contribution is -0.133. The Morgan fingerprint density at radius 3 is 2.50 bits per heavy atom. The van der Waals surface area contributed by atoms with E-state index in [4.69, 9.17) is 10.00 Å². The Bertz CT molecular complexity index is 670. The van der Waals surface area contributed by atoms with Crippen LogP contribution in [-0.4, -0.2) is 53.6 Å². The van der Waals surface area contributed by atoms with Crippen LogP contribution >= 0.6 is 0 Å². The average Bonchev–Trinajstić information content (AvgIpc) is 2.91. The summed E-state index contributed by atoms with van der Waals surface area (Å²) in [5.74, 6) is 0.0752. The zero-order chi connectivity index (χ0) is 17.2. The number of benzene rings is 1. The van der Waals surface area contributed by atoms with Gasteiger partial charge in [-0.15, -0.1) is 0 Å². The van der Waals surface area contributed by atoms with E-state index < -0.39 is 5.60 Å². The molecule has 1 aromatic rings. The van der Waals surface area contributed by atoms with E-state index in [0.29, 0.717) is 51.0 Å². The molecule has 2 amide bonds. The van der Waals surface area contributed by atoms with Crippen molar-refractivity contribution in [2.75, 3.05) is 26.2 Å². The van der Waals surface area contributed by atoms with E-state index >= 15 is 0 Å². The van der Waals surface area contributed by atoms with Gasteiger partial charge in [0.2, 0.25) is 5.91 Å². The van der Waals surface area contributed by atoms with E-state index in [9.17, 15) is 9.59 Å². The van der Waals surface area contributed by atoms with Gasteiger partial charge in [-0.3, -0.25) is 4.79 Å². The third kappa shape index (κ3) is 3.21. The predicted molar refractivity (Wildman–Crippen MR) is 87.1 cm³/mol. The lowest BCUT2D eigenvalue weighted by Gasteiger charge is -2.37. The Morgan fingerprint density at radius 2 is 1.96 bits per heavy atom. The van der Waals surface area contributed by atoms with Crippen LogP contribution in [0, 0.1) is 11.3 Å². The maximum atomic E-state index is 12.5. The smallest absolute Gasteiger partial charge is 0.410 e. The van der Waals surface area contributed by atoms with E-state index in [2.05, 4.69) is 6.07 Å². The Kier molecular flexibility index (Phi) is 4.43. The molecular weight excluding hydrogens is 306 g/mol. The summed E-state index contributed by atoms with van der Waals surface area (Å²) in [5.41, 5.74) is 1.08. The highest BCUT2D eigenvalue weighted by Gasteiger charge is 2.46. The zero-order valence-electron chi connectivity index (χ0n) is 13.8. The minimum Gasteiger partial charge on any atom is -0.441 e. The summed E-state index contributed by atoms with van der Waals surface area (Å²) in [7, 11) is 0. The largest absolute Gasteiger partial charge is 0.441 e. The first-order valence-electron chi connectivity index (χ1n) is 8.30. The molecule has 0 atom stereocenters. The van der Waals surface area contributed by atoms with Crippen LogP contribution in [0.15, 0.2) is 24.3 Å². The molecule has 2 aliphatic heterocycles. The minimum absolute atomic E-state index is 0.0752. The number of rotatable bonds is 3. The van der Waals surface area contributed by atoms with Crippen LogP contribution < -0.4 is 0 Å². The fourth-order valence-electron chi connectivity index (χ4n) is 3.34. The van der Waals surface area contributed by atoms with Crippen molar-refractivity contribution in [2.24, 2.45) is 0 Å². The van der Waals surface area contributed by atoms with Gasteiger partial charge in [-0.25, -0.2) is 4.79 Å². The van der Waals surface area contributed by atoms with Gasteiger partial charge in [-0.05, 0) is 24.6 Å². The van der Waals surface area contributed by atoms with Gasteiger partial charge in [0.25, 0.3) is 0 Å². The van der Waals surface area contributed by atoms with Gasteiger partial charge in [-0.2, -0.15) is 5.26 Å². The fraction of sp³-hybridized carbons (Fsp3) is 0.500. The number of nitriles is 1. The highest BCUT2D eigenvalue weighted by molar-refractivity contribution is 5.79. The molecule has 0 aliphatic carbocycles. The molecule has 2 saturated heterocycles. The van der Waals surface area contributed by atoms with Crippen LogP contribution in [0.4, 0.5) is 4.79 Å². The summed E-state index contributed by atoms with van der Waals surface area (Å²) in [6.45, 7) is 4.44. The first-order chi connectivity index (χ1) is 11.5. The lowest BCUT2D eigenvalue weighted by atomic mass is 9.91. The van der Waals surface area contributed by atoms with Gasteiger partial charge in [-0.1, -0.05) is 12.1 Å². The summed E-state index contributed by atoms with van der Waals surface area (Å²) in [4.78, 5) is 27.8. The van der Waals surface area contributed by atoms with Crippen molar-refractivity contribution in [3.8, 4) is 6.07 Å². The van der Waals surface area contributed by atoms with E-state index in [1.807, 2.05) is 24.0 Å². The summed E-state index contributed by atoms with van der Waals surface area (Å²) in [6, 6.07) is 9.16. The zero-order valence-corrected chi connectivity index (χ0v) is 13.8. The molecule has 2 fully saturated rings.